The van der Waals surface area contributed by atoms with Crippen molar-refractivity contribution in [2.75, 3.05) is 26.4 Å². The summed E-state index contributed by atoms with van der Waals surface area (Å²) in [4.78, 5) is 0. The van der Waals surface area contributed by atoms with Gasteiger partial charge in [0.05, 0.1) is 6.10 Å². The standard InChI is InChI=1S/C15H23NO3/c17-9-4-8-16-11-13-5-1-2-7-15(13)19-12-14-6-3-10-18-14/h1-2,5,7,14,16-17H,3-4,6,8-12H2. The quantitative estimate of drug-likeness (QED) is 0.703. The molecule has 106 valence electrons. The molecule has 1 saturated heterocycles. The molecule has 1 aliphatic heterocycles. The fourth-order valence-electron chi connectivity index (χ4n) is 2.18. The molecule has 0 bridgehead atoms. The second kappa shape index (κ2) is 8.15. The molecule has 0 radical (unpaired) electrons. The Balaban J connectivity index is 1.80. The van der Waals surface area contributed by atoms with E-state index >= 15 is 0 Å². The monoisotopic (exact) mass is 265 g/mol. The van der Waals surface area contributed by atoms with E-state index in [0.29, 0.717) is 6.61 Å². The molecule has 1 fully saturated rings. The van der Waals surface area contributed by atoms with Gasteiger partial charge in [-0.25, -0.2) is 0 Å². The fraction of sp³-hybridized carbons (Fsp3) is 0.600. The van der Waals surface area contributed by atoms with Crippen molar-refractivity contribution in [1.29, 1.82) is 0 Å². The van der Waals surface area contributed by atoms with Crippen molar-refractivity contribution in [1.82, 2.24) is 5.32 Å². The molecule has 4 nitrogen and oxygen atoms in total. The molecule has 1 aliphatic rings. The summed E-state index contributed by atoms with van der Waals surface area (Å²) in [6.07, 6.45) is 3.25. The number of rotatable bonds is 8. The van der Waals surface area contributed by atoms with Crippen LogP contribution in [0, 0.1) is 0 Å². The Kier molecular flexibility index (Phi) is 6.14. The van der Waals surface area contributed by atoms with Crippen LogP contribution < -0.4 is 10.1 Å². The van der Waals surface area contributed by atoms with Gasteiger partial charge in [0.25, 0.3) is 0 Å². The molecule has 1 aromatic rings. The maximum absolute atomic E-state index is 8.74. The highest BCUT2D eigenvalue weighted by Gasteiger charge is 2.16. The zero-order chi connectivity index (χ0) is 13.3. The zero-order valence-electron chi connectivity index (χ0n) is 11.3. The van der Waals surface area contributed by atoms with Crippen LogP contribution in [0.1, 0.15) is 24.8 Å². The molecule has 0 spiro atoms. The number of nitrogens with one attached hydrogen (secondary N) is 1. The molecule has 1 heterocycles. The van der Waals surface area contributed by atoms with Gasteiger partial charge in [0.2, 0.25) is 0 Å². The molecule has 0 amide bonds. The molecule has 4 heteroatoms. The minimum Gasteiger partial charge on any atom is -0.491 e. The molecule has 0 aliphatic carbocycles. The van der Waals surface area contributed by atoms with Gasteiger partial charge >= 0.3 is 0 Å². The van der Waals surface area contributed by atoms with E-state index in [0.717, 1.165) is 50.3 Å². The first-order valence-corrected chi connectivity index (χ1v) is 7.04. The van der Waals surface area contributed by atoms with Gasteiger partial charge in [-0.1, -0.05) is 18.2 Å². The molecule has 0 saturated carbocycles. The van der Waals surface area contributed by atoms with E-state index in [1.54, 1.807) is 0 Å². The van der Waals surface area contributed by atoms with Crippen molar-refractivity contribution in [3.05, 3.63) is 29.8 Å². The van der Waals surface area contributed by atoms with Crippen LogP contribution in [-0.4, -0.2) is 37.6 Å². The van der Waals surface area contributed by atoms with E-state index in [2.05, 4.69) is 11.4 Å². The lowest BCUT2D eigenvalue weighted by Crippen LogP contribution is -2.19. The van der Waals surface area contributed by atoms with Crippen molar-refractivity contribution in [3.8, 4) is 5.75 Å². The Labute approximate surface area is 114 Å². The fourth-order valence-corrected chi connectivity index (χ4v) is 2.18. The highest BCUT2D eigenvalue weighted by atomic mass is 16.5. The van der Waals surface area contributed by atoms with Crippen LogP contribution in [0.2, 0.25) is 0 Å². The van der Waals surface area contributed by atoms with Crippen molar-refractivity contribution < 1.29 is 14.6 Å². The molecule has 1 atom stereocenters. The summed E-state index contributed by atoms with van der Waals surface area (Å²) >= 11 is 0. The summed E-state index contributed by atoms with van der Waals surface area (Å²) in [6, 6.07) is 8.07. The van der Waals surface area contributed by atoms with Crippen molar-refractivity contribution in [3.63, 3.8) is 0 Å². The topological polar surface area (TPSA) is 50.7 Å². The lowest BCUT2D eigenvalue weighted by Gasteiger charge is -2.15. The lowest BCUT2D eigenvalue weighted by molar-refractivity contribution is 0.0676. The third kappa shape index (κ3) is 4.82. The molecule has 1 unspecified atom stereocenters. The van der Waals surface area contributed by atoms with Crippen LogP contribution in [-0.2, 0) is 11.3 Å². The van der Waals surface area contributed by atoms with E-state index in [1.165, 1.54) is 0 Å². The van der Waals surface area contributed by atoms with Gasteiger partial charge in [0, 0.05) is 25.3 Å². The third-order valence-electron chi connectivity index (χ3n) is 3.25. The van der Waals surface area contributed by atoms with Crippen LogP contribution in [0.3, 0.4) is 0 Å². The van der Waals surface area contributed by atoms with Crippen molar-refractivity contribution >= 4 is 0 Å². The average molecular weight is 265 g/mol. The lowest BCUT2D eigenvalue weighted by atomic mass is 10.2. The predicted octanol–water partition coefficient (Wildman–Crippen LogP) is 1.72. The Morgan fingerprint density at radius 2 is 2.26 bits per heavy atom. The van der Waals surface area contributed by atoms with E-state index < -0.39 is 0 Å². The molecule has 0 aromatic heterocycles. The Bertz CT molecular complexity index is 364. The van der Waals surface area contributed by atoms with Gasteiger partial charge in [-0.2, -0.15) is 0 Å². The number of ether oxygens (including phenoxy) is 2. The highest BCUT2D eigenvalue weighted by molar-refractivity contribution is 5.33. The van der Waals surface area contributed by atoms with Crippen molar-refractivity contribution in [2.24, 2.45) is 0 Å². The normalized spacial score (nSPS) is 18.7. The first-order chi connectivity index (χ1) is 9.40. The Morgan fingerprint density at radius 3 is 3.05 bits per heavy atom. The third-order valence-corrected chi connectivity index (χ3v) is 3.25. The van der Waals surface area contributed by atoms with Crippen LogP contribution in [0.4, 0.5) is 0 Å². The molecular weight excluding hydrogens is 242 g/mol. The summed E-state index contributed by atoms with van der Waals surface area (Å²) in [5, 5.41) is 12.0. The highest BCUT2D eigenvalue weighted by Crippen LogP contribution is 2.20. The van der Waals surface area contributed by atoms with Gasteiger partial charge in [-0.3, -0.25) is 0 Å². The molecule has 19 heavy (non-hydrogen) atoms. The van der Waals surface area contributed by atoms with Crippen LogP contribution >= 0.6 is 0 Å². The number of hydrogen-bond acceptors (Lipinski definition) is 4. The largest absolute Gasteiger partial charge is 0.491 e. The number of benzene rings is 1. The van der Waals surface area contributed by atoms with Gasteiger partial charge in [-0.15, -0.1) is 0 Å². The SMILES string of the molecule is OCCCNCc1ccccc1OCC1CCCO1. The summed E-state index contributed by atoms with van der Waals surface area (Å²) in [5.41, 5.74) is 1.15. The second-order valence-corrected chi connectivity index (χ2v) is 4.81. The maximum Gasteiger partial charge on any atom is 0.123 e. The second-order valence-electron chi connectivity index (χ2n) is 4.81. The van der Waals surface area contributed by atoms with Gasteiger partial charge in [0.1, 0.15) is 12.4 Å². The molecule has 1 aromatic carbocycles. The number of para-hydroxylation sites is 1. The minimum atomic E-state index is 0.226. The Morgan fingerprint density at radius 1 is 1.37 bits per heavy atom. The maximum atomic E-state index is 8.74. The summed E-state index contributed by atoms with van der Waals surface area (Å²) < 4.78 is 11.4. The van der Waals surface area contributed by atoms with Gasteiger partial charge in [-0.05, 0) is 31.9 Å². The Hall–Kier alpha value is -1.10. The van der Waals surface area contributed by atoms with E-state index in [4.69, 9.17) is 14.6 Å². The minimum absolute atomic E-state index is 0.226. The predicted molar refractivity (Wildman–Crippen MR) is 74.3 cm³/mol. The molecule has 2 rings (SSSR count). The summed E-state index contributed by atoms with van der Waals surface area (Å²) in [5.74, 6) is 0.925. The van der Waals surface area contributed by atoms with Gasteiger partial charge < -0.3 is 19.9 Å². The molecular formula is C15H23NO3. The number of hydrogen-bond donors (Lipinski definition) is 2. The van der Waals surface area contributed by atoms with E-state index in [1.807, 2.05) is 18.2 Å². The van der Waals surface area contributed by atoms with E-state index in [9.17, 15) is 0 Å². The van der Waals surface area contributed by atoms with E-state index in [-0.39, 0.29) is 12.7 Å². The van der Waals surface area contributed by atoms with Crippen molar-refractivity contribution in [2.45, 2.75) is 31.9 Å². The summed E-state index contributed by atoms with van der Waals surface area (Å²) in [7, 11) is 0. The van der Waals surface area contributed by atoms with Crippen LogP contribution in [0.5, 0.6) is 5.75 Å². The summed E-state index contributed by atoms with van der Waals surface area (Å²) in [6.45, 7) is 3.30. The first-order valence-electron chi connectivity index (χ1n) is 7.04. The number of aliphatic hydroxyl groups is 1. The smallest absolute Gasteiger partial charge is 0.123 e. The van der Waals surface area contributed by atoms with Crippen LogP contribution in [0.15, 0.2) is 24.3 Å². The van der Waals surface area contributed by atoms with Crippen LogP contribution in [0.25, 0.3) is 0 Å². The zero-order valence-corrected chi connectivity index (χ0v) is 11.3. The first kappa shape index (κ1) is 14.3. The number of aliphatic hydroxyl groups excluding tert-OH is 1. The molecule has 2 N–H and O–H groups in total. The average Bonchev–Trinajstić information content (AvgIpc) is 2.96. The van der Waals surface area contributed by atoms with Gasteiger partial charge in [0.15, 0.2) is 0 Å².